The Labute approximate surface area is 131 Å². The van der Waals surface area contributed by atoms with Gasteiger partial charge in [-0.05, 0) is 35.4 Å². The molecule has 0 saturated heterocycles. The Balaban J connectivity index is 0.00000242. The Morgan fingerprint density at radius 1 is 0.773 bits per heavy atom. The molecule has 0 aromatic heterocycles. The Morgan fingerprint density at radius 3 is 1.86 bits per heavy atom. The summed E-state index contributed by atoms with van der Waals surface area (Å²) in [5.41, 5.74) is 1.82. The fraction of sp³-hybridized carbons (Fsp3) is 0.222. The van der Waals surface area contributed by atoms with Crippen LogP contribution in [0.15, 0.2) is 36.4 Å². The van der Waals surface area contributed by atoms with Crippen LogP contribution in [0.1, 0.15) is 18.6 Å². The molecule has 22 heavy (non-hydrogen) atoms. The molecule has 0 saturated carbocycles. The van der Waals surface area contributed by atoms with E-state index in [4.69, 9.17) is 14.2 Å². The summed E-state index contributed by atoms with van der Waals surface area (Å²) in [6, 6.07) is 10.9. The third-order valence-corrected chi connectivity index (χ3v) is 3.04. The van der Waals surface area contributed by atoms with Gasteiger partial charge < -0.3 is 19.3 Å². The Bertz CT molecular complexity index is 625. The minimum atomic E-state index is 0. The summed E-state index contributed by atoms with van der Waals surface area (Å²) < 4.78 is 15.5. The van der Waals surface area contributed by atoms with Crippen molar-refractivity contribution in [1.29, 1.82) is 0 Å². The highest BCUT2D eigenvalue weighted by Gasteiger charge is 2.02. The van der Waals surface area contributed by atoms with E-state index in [9.17, 15) is 5.11 Å². The molecular weight excluding hydrogens is 280 g/mol. The normalized spacial score (nSPS) is 10.1. The zero-order valence-corrected chi connectivity index (χ0v) is 12.3. The average molecular weight is 302 g/mol. The van der Waals surface area contributed by atoms with Crippen LogP contribution in [0.3, 0.4) is 0 Å². The zero-order valence-electron chi connectivity index (χ0n) is 12.3. The van der Waals surface area contributed by atoms with E-state index >= 15 is 0 Å². The molecule has 0 radical (unpaired) electrons. The summed E-state index contributed by atoms with van der Waals surface area (Å²) >= 11 is 0. The molecule has 0 bridgehead atoms. The minimum absolute atomic E-state index is 0. The van der Waals surface area contributed by atoms with Gasteiger partial charge in [-0.2, -0.15) is 0 Å². The molecule has 4 heteroatoms. The standard InChI is InChI=1S/C17H18O4.CH4/c1-19-14-8-13(9-15(11-14)20-2)5-4-12-6-7-17(21-3)16(18)10-12;/h4-11,18H,1-3H3;1H4/b5-4+;. The smallest absolute Gasteiger partial charge is 0.160 e. The first-order valence-electron chi connectivity index (χ1n) is 6.44. The minimum Gasteiger partial charge on any atom is -0.504 e. The van der Waals surface area contributed by atoms with Gasteiger partial charge >= 0.3 is 0 Å². The molecule has 0 amide bonds. The van der Waals surface area contributed by atoms with Crippen molar-refractivity contribution in [3.8, 4) is 23.0 Å². The van der Waals surface area contributed by atoms with E-state index in [2.05, 4.69) is 0 Å². The molecule has 0 unspecified atom stereocenters. The van der Waals surface area contributed by atoms with Gasteiger partial charge in [-0.1, -0.05) is 25.6 Å². The van der Waals surface area contributed by atoms with Crippen LogP contribution in [0.2, 0.25) is 0 Å². The highest BCUT2D eigenvalue weighted by Crippen LogP contribution is 2.28. The molecule has 2 rings (SSSR count). The van der Waals surface area contributed by atoms with E-state index in [1.807, 2.05) is 36.4 Å². The molecule has 118 valence electrons. The number of aromatic hydroxyl groups is 1. The van der Waals surface area contributed by atoms with Crippen LogP contribution in [0.4, 0.5) is 0 Å². The zero-order chi connectivity index (χ0) is 15.2. The van der Waals surface area contributed by atoms with E-state index in [0.29, 0.717) is 5.75 Å². The van der Waals surface area contributed by atoms with E-state index < -0.39 is 0 Å². The van der Waals surface area contributed by atoms with Crippen LogP contribution in [0, 0.1) is 0 Å². The van der Waals surface area contributed by atoms with E-state index in [0.717, 1.165) is 22.6 Å². The van der Waals surface area contributed by atoms with Crippen LogP contribution < -0.4 is 14.2 Å². The van der Waals surface area contributed by atoms with Crippen molar-refractivity contribution in [2.24, 2.45) is 0 Å². The summed E-state index contributed by atoms with van der Waals surface area (Å²) in [6.07, 6.45) is 3.82. The maximum absolute atomic E-state index is 9.75. The highest BCUT2D eigenvalue weighted by molar-refractivity contribution is 5.72. The van der Waals surface area contributed by atoms with Gasteiger partial charge in [-0.3, -0.25) is 0 Å². The van der Waals surface area contributed by atoms with Gasteiger partial charge in [0.1, 0.15) is 11.5 Å². The fourth-order valence-electron chi connectivity index (χ4n) is 1.93. The predicted octanol–water partition coefficient (Wildman–Crippen LogP) is 4.22. The van der Waals surface area contributed by atoms with Crippen LogP contribution >= 0.6 is 0 Å². The molecular formula is C18H22O4. The second-order valence-electron chi connectivity index (χ2n) is 4.41. The number of phenolic OH excluding ortho intramolecular Hbond substituents is 1. The number of methoxy groups -OCH3 is 3. The number of ether oxygens (including phenoxy) is 3. The average Bonchev–Trinajstić information content (AvgIpc) is 2.52. The molecule has 0 aliphatic rings. The van der Waals surface area contributed by atoms with Gasteiger partial charge in [0.15, 0.2) is 11.5 Å². The molecule has 1 N–H and O–H groups in total. The molecule has 0 spiro atoms. The molecule has 0 aliphatic heterocycles. The lowest BCUT2D eigenvalue weighted by Crippen LogP contribution is -1.88. The lowest BCUT2D eigenvalue weighted by atomic mass is 10.1. The van der Waals surface area contributed by atoms with Crippen molar-refractivity contribution in [2.75, 3.05) is 21.3 Å². The quantitative estimate of drug-likeness (QED) is 0.840. The molecule has 0 atom stereocenters. The van der Waals surface area contributed by atoms with E-state index in [-0.39, 0.29) is 13.2 Å². The van der Waals surface area contributed by atoms with Gasteiger partial charge in [0.05, 0.1) is 21.3 Å². The Morgan fingerprint density at radius 2 is 1.36 bits per heavy atom. The SMILES string of the molecule is C.COc1cc(/C=C/c2ccc(OC)c(O)c2)cc(OC)c1. The summed E-state index contributed by atoms with van der Waals surface area (Å²) in [5.74, 6) is 2.02. The number of benzene rings is 2. The first-order chi connectivity index (χ1) is 10.2. The Kier molecular flexibility index (Phi) is 6.32. The number of hydrogen-bond donors (Lipinski definition) is 1. The van der Waals surface area contributed by atoms with Gasteiger partial charge in [0, 0.05) is 6.07 Å². The third kappa shape index (κ3) is 4.19. The monoisotopic (exact) mass is 302 g/mol. The van der Waals surface area contributed by atoms with Crippen LogP contribution in [-0.4, -0.2) is 26.4 Å². The van der Waals surface area contributed by atoms with Gasteiger partial charge in [-0.15, -0.1) is 0 Å². The van der Waals surface area contributed by atoms with Gasteiger partial charge in [0.25, 0.3) is 0 Å². The molecule has 0 aliphatic carbocycles. The largest absolute Gasteiger partial charge is 0.504 e. The van der Waals surface area contributed by atoms with Crippen molar-refractivity contribution in [1.82, 2.24) is 0 Å². The second kappa shape index (κ2) is 7.98. The molecule has 0 fully saturated rings. The topological polar surface area (TPSA) is 47.9 Å². The molecule has 2 aromatic carbocycles. The van der Waals surface area contributed by atoms with Crippen LogP contribution in [-0.2, 0) is 0 Å². The van der Waals surface area contributed by atoms with Crippen molar-refractivity contribution >= 4 is 12.2 Å². The van der Waals surface area contributed by atoms with Crippen molar-refractivity contribution in [3.05, 3.63) is 47.5 Å². The molecule has 2 aromatic rings. The van der Waals surface area contributed by atoms with Crippen molar-refractivity contribution in [2.45, 2.75) is 7.43 Å². The Hall–Kier alpha value is -2.62. The lowest BCUT2D eigenvalue weighted by Gasteiger charge is -2.06. The van der Waals surface area contributed by atoms with Crippen molar-refractivity contribution < 1.29 is 19.3 Å². The predicted molar refractivity (Wildman–Crippen MR) is 89.9 cm³/mol. The third-order valence-electron chi connectivity index (χ3n) is 3.04. The van der Waals surface area contributed by atoms with E-state index in [1.54, 1.807) is 26.4 Å². The maximum atomic E-state index is 9.75. The first-order valence-corrected chi connectivity index (χ1v) is 6.44. The highest BCUT2D eigenvalue weighted by atomic mass is 16.5. The summed E-state index contributed by atoms with van der Waals surface area (Å²) in [7, 11) is 4.75. The van der Waals surface area contributed by atoms with Crippen LogP contribution in [0.5, 0.6) is 23.0 Å². The van der Waals surface area contributed by atoms with Gasteiger partial charge in [0.2, 0.25) is 0 Å². The maximum Gasteiger partial charge on any atom is 0.160 e. The summed E-state index contributed by atoms with van der Waals surface area (Å²) in [4.78, 5) is 0. The number of hydrogen-bond acceptors (Lipinski definition) is 4. The first kappa shape index (κ1) is 17.4. The van der Waals surface area contributed by atoms with Gasteiger partial charge in [-0.25, -0.2) is 0 Å². The van der Waals surface area contributed by atoms with Crippen molar-refractivity contribution in [3.63, 3.8) is 0 Å². The lowest BCUT2D eigenvalue weighted by molar-refractivity contribution is 0.373. The van der Waals surface area contributed by atoms with E-state index in [1.165, 1.54) is 7.11 Å². The molecule has 0 heterocycles. The number of phenols is 1. The van der Waals surface area contributed by atoms with Crippen LogP contribution in [0.25, 0.3) is 12.2 Å². The number of rotatable bonds is 5. The summed E-state index contributed by atoms with van der Waals surface area (Å²) in [6.45, 7) is 0. The second-order valence-corrected chi connectivity index (χ2v) is 4.41. The molecule has 4 nitrogen and oxygen atoms in total. The summed E-state index contributed by atoms with van der Waals surface area (Å²) in [5, 5.41) is 9.75. The fourth-order valence-corrected chi connectivity index (χ4v) is 1.93.